The van der Waals surface area contributed by atoms with Crippen molar-refractivity contribution in [3.8, 4) is 23.6 Å². The Morgan fingerprint density at radius 3 is 2.50 bits per heavy atom. The quantitative estimate of drug-likeness (QED) is 0.349. The first-order valence-corrected chi connectivity index (χ1v) is 15.4. The summed E-state index contributed by atoms with van der Waals surface area (Å²) in [6.45, 7) is 8.50. The molecule has 0 spiro atoms. The van der Waals surface area contributed by atoms with Crippen LogP contribution in [-0.2, 0) is 19.0 Å². The van der Waals surface area contributed by atoms with Crippen LogP contribution >= 0.6 is 11.3 Å². The van der Waals surface area contributed by atoms with Crippen LogP contribution in [-0.4, -0.2) is 111 Å². The summed E-state index contributed by atoms with van der Waals surface area (Å²) in [7, 11) is 5.21. The minimum Gasteiger partial charge on any atom is -0.369 e. The third-order valence-electron chi connectivity index (χ3n) is 8.57. The normalized spacial score (nSPS) is 24.5. The van der Waals surface area contributed by atoms with Gasteiger partial charge in [0.15, 0.2) is 5.13 Å². The molecular weight excluding hydrogens is 554 g/mol. The minimum absolute atomic E-state index is 0.164. The van der Waals surface area contributed by atoms with E-state index in [-0.39, 0.29) is 30.3 Å². The molecule has 1 aromatic carbocycles. The van der Waals surface area contributed by atoms with Gasteiger partial charge in [0, 0.05) is 63.5 Å². The second-order valence-electron chi connectivity index (χ2n) is 11.7. The lowest BCUT2D eigenvalue weighted by Gasteiger charge is -2.37. The van der Waals surface area contributed by atoms with Gasteiger partial charge in [-0.2, -0.15) is 0 Å². The molecule has 4 atom stereocenters. The van der Waals surface area contributed by atoms with Crippen LogP contribution in [0.2, 0.25) is 0 Å². The summed E-state index contributed by atoms with van der Waals surface area (Å²) in [5.74, 6) is 0.989. The highest BCUT2D eigenvalue weighted by Gasteiger charge is 2.61. The van der Waals surface area contributed by atoms with Gasteiger partial charge in [-0.3, -0.25) is 9.59 Å². The molecular formula is C31H41N5O5S. The molecule has 3 saturated heterocycles. The molecule has 3 aliphatic rings. The Morgan fingerprint density at radius 2 is 1.88 bits per heavy atom. The number of likely N-dealkylation sites (N-methyl/N-ethyl adjacent to an activating group) is 1. The van der Waals surface area contributed by atoms with Crippen LogP contribution in [0.25, 0.3) is 11.3 Å². The number of amides is 2. The molecule has 3 aliphatic heterocycles. The van der Waals surface area contributed by atoms with Crippen molar-refractivity contribution in [1.82, 2.24) is 20.1 Å². The maximum Gasteiger partial charge on any atom is 0.251 e. The minimum atomic E-state index is -1.12. The summed E-state index contributed by atoms with van der Waals surface area (Å²) in [6, 6.07) is 6.11. The van der Waals surface area contributed by atoms with E-state index in [2.05, 4.69) is 33.5 Å². The molecule has 1 N–H and O–H groups in total. The van der Waals surface area contributed by atoms with Crippen LogP contribution in [0.3, 0.4) is 0 Å². The van der Waals surface area contributed by atoms with E-state index in [4.69, 9.17) is 25.6 Å². The van der Waals surface area contributed by atoms with Gasteiger partial charge in [0.2, 0.25) is 11.7 Å². The summed E-state index contributed by atoms with van der Waals surface area (Å²) in [4.78, 5) is 38.6. The molecule has 2 amide bonds. The first-order valence-electron chi connectivity index (χ1n) is 14.5. The van der Waals surface area contributed by atoms with E-state index in [1.165, 1.54) is 14.2 Å². The van der Waals surface area contributed by atoms with Gasteiger partial charge in [-0.05, 0) is 31.5 Å². The molecule has 11 heteroatoms. The topological polar surface area (TPSA) is 96.5 Å². The zero-order valence-electron chi connectivity index (χ0n) is 25.0. The van der Waals surface area contributed by atoms with Crippen molar-refractivity contribution in [3.63, 3.8) is 0 Å². The van der Waals surface area contributed by atoms with Crippen molar-refractivity contribution in [3.05, 3.63) is 35.2 Å². The predicted molar refractivity (Wildman–Crippen MR) is 162 cm³/mol. The fraction of sp³-hybridized carbons (Fsp3) is 0.581. The van der Waals surface area contributed by atoms with E-state index >= 15 is 0 Å². The third-order valence-corrected chi connectivity index (χ3v) is 9.47. The molecule has 2 unspecified atom stereocenters. The number of benzene rings is 1. The first kappa shape index (κ1) is 30.4. The van der Waals surface area contributed by atoms with E-state index in [9.17, 15) is 9.59 Å². The lowest BCUT2D eigenvalue weighted by molar-refractivity contribution is -0.227. The molecule has 42 heavy (non-hydrogen) atoms. The average molecular weight is 596 g/mol. The summed E-state index contributed by atoms with van der Waals surface area (Å²) in [6.07, 6.45) is 5.88. The van der Waals surface area contributed by atoms with Gasteiger partial charge >= 0.3 is 0 Å². The van der Waals surface area contributed by atoms with Gasteiger partial charge in [-0.1, -0.05) is 31.9 Å². The molecule has 0 radical (unpaired) electrons. The molecule has 0 saturated carbocycles. The molecule has 0 aliphatic carbocycles. The van der Waals surface area contributed by atoms with Crippen molar-refractivity contribution in [2.24, 2.45) is 11.8 Å². The zero-order chi connectivity index (χ0) is 30.0. The Kier molecular flexibility index (Phi) is 9.20. The third kappa shape index (κ3) is 5.92. The number of ether oxygens (including phenoxy) is 3. The summed E-state index contributed by atoms with van der Waals surface area (Å²) < 4.78 is 17.4. The number of anilines is 1. The van der Waals surface area contributed by atoms with Gasteiger partial charge in [-0.25, -0.2) is 4.98 Å². The number of carbonyl (C=O) groups excluding carboxylic acids is 2. The van der Waals surface area contributed by atoms with Crippen LogP contribution in [0.1, 0.15) is 30.6 Å². The van der Waals surface area contributed by atoms with Gasteiger partial charge in [0.05, 0.1) is 17.7 Å². The van der Waals surface area contributed by atoms with Crippen molar-refractivity contribution >= 4 is 28.3 Å². The predicted octanol–water partition coefficient (Wildman–Crippen LogP) is 2.55. The fourth-order valence-corrected chi connectivity index (χ4v) is 6.99. The van der Waals surface area contributed by atoms with Crippen LogP contribution in [0.15, 0.2) is 29.6 Å². The zero-order valence-corrected chi connectivity index (χ0v) is 25.9. The van der Waals surface area contributed by atoms with E-state index < -0.39 is 24.0 Å². The molecule has 226 valence electrons. The standard InChI is InChI=1S/C31H41N5O5S/c1-7-21-17-36(27-26(21)41-19-31(27,39-5)40-6)29(38)24(16-20(2)3)32-28(37)23-10-8-22(9-11-23)25-18-42-30(33-25)35-14-12-34(4)13-15-35/h1,8-11,18,20-21,24,26-27H,12-17,19H2,2-6H3,(H,32,37)/t21?,24?,26-,27+/m1/s1. The number of piperazine rings is 1. The highest BCUT2D eigenvalue weighted by Crippen LogP contribution is 2.41. The Balaban J connectivity index is 1.29. The van der Waals surface area contributed by atoms with Crippen molar-refractivity contribution in [1.29, 1.82) is 0 Å². The number of fused-ring (bicyclic) bond motifs is 1. The number of aromatic nitrogens is 1. The van der Waals surface area contributed by atoms with Gasteiger partial charge < -0.3 is 34.2 Å². The number of methoxy groups -OCH3 is 2. The Hall–Kier alpha value is -3.01. The second kappa shape index (κ2) is 12.7. The van der Waals surface area contributed by atoms with Gasteiger partial charge in [-0.15, -0.1) is 17.8 Å². The van der Waals surface area contributed by atoms with E-state index in [0.717, 1.165) is 42.6 Å². The van der Waals surface area contributed by atoms with E-state index in [1.54, 1.807) is 28.4 Å². The SMILES string of the molecule is C#CC1CN(C(=O)C(CC(C)C)NC(=O)c2ccc(-c3csc(N4CCN(C)CC4)n3)cc2)[C@H]2[C@@H]1OCC2(OC)OC. The maximum atomic E-state index is 14.0. The van der Waals surface area contributed by atoms with E-state index in [0.29, 0.717) is 18.5 Å². The Labute approximate surface area is 252 Å². The van der Waals surface area contributed by atoms with Crippen LogP contribution in [0, 0.1) is 24.2 Å². The van der Waals surface area contributed by atoms with Crippen LogP contribution < -0.4 is 10.2 Å². The molecule has 0 bridgehead atoms. The molecule has 5 rings (SSSR count). The molecule has 3 fully saturated rings. The maximum absolute atomic E-state index is 14.0. The number of nitrogens with zero attached hydrogens (tertiary/aromatic N) is 4. The number of likely N-dealkylation sites (tertiary alicyclic amines) is 1. The van der Waals surface area contributed by atoms with E-state index in [1.807, 2.05) is 26.0 Å². The number of carbonyl (C=O) groups is 2. The number of thiazole rings is 1. The molecule has 4 heterocycles. The Bertz CT molecular complexity index is 1300. The lowest BCUT2D eigenvalue weighted by atomic mass is 9.98. The largest absolute Gasteiger partial charge is 0.369 e. The molecule has 10 nitrogen and oxygen atoms in total. The Morgan fingerprint density at radius 1 is 1.19 bits per heavy atom. The van der Waals surface area contributed by atoms with Crippen molar-refractivity contribution < 1.29 is 23.8 Å². The first-order chi connectivity index (χ1) is 20.2. The van der Waals surface area contributed by atoms with Gasteiger partial charge in [0.1, 0.15) is 18.7 Å². The molecule has 2 aromatic rings. The average Bonchev–Trinajstić information content (AvgIpc) is 3.72. The second-order valence-corrected chi connectivity index (χ2v) is 12.6. The summed E-state index contributed by atoms with van der Waals surface area (Å²) in [5.41, 5.74) is 2.31. The number of rotatable bonds is 9. The summed E-state index contributed by atoms with van der Waals surface area (Å²) >= 11 is 1.64. The number of hydrogen-bond donors (Lipinski definition) is 1. The number of terminal acetylenes is 1. The van der Waals surface area contributed by atoms with Crippen LogP contribution in [0.4, 0.5) is 5.13 Å². The molecule has 1 aromatic heterocycles. The summed E-state index contributed by atoms with van der Waals surface area (Å²) in [5, 5.41) is 6.07. The smallest absolute Gasteiger partial charge is 0.251 e. The lowest BCUT2D eigenvalue weighted by Crippen LogP contribution is -2.58. The van der Waals surface area contributed by atoms with Crippen molar-refractivity contribution in [2.75, 3.05) is 65.5 Å². The number of nitrogens with one attached hydrogen (secondary N) is 1. The number of hydrogen-bond acceptors (Lipinski definition) is 9. The highest BCUT2D eigenvalue weighted by molar-refractivity contribution is 7.14. The van der Waals surface area contributed by atoms with Crippen molar-refractivity contribution in [2.45, 2.75) is 44.2 Å². The van der Waals surface area contributed by atoms with Crippen LogP contribution in [0.5, 0.6) is 0 Å². The highest BCUT2D eigenvalue weighted by atomic mass is 32.1. The monoisotopic (exact) mass is 595 g/mol. The van der Waals surface area contributed by atoms with Gasteiger partial charge in [0.25, 0.3) is 5.91 Å². The fourth-order valence-electron chi connectivity index (χ4n) is 6.10.